The van der Waals surface area contributed by atoms with Crippen molar-refractivity contribution in [1.29, 1.82) is 0 Å². The molecule has 0 spiro atoms. The van der Waals surface area contributed by atoms with Gasteiger partial charge in [-0.3, -0.25) is 0 Å². The van der Waals surface area contributed by atoms with Crippen LogP contribution < -0.4 is 0 Å². The second-order valence-electron chi connectivity index (χ2n) is 15.6. The Morgan fingerprint density at radius 3 is 1.83 bits per heavy atom. The van der Waals surface area contributed by atoms with E-state index in [1.807, 2.05) is 11.3 Å². The molecular weight excluding hydrogens is 671 g/mol. The van der Waals surface area contributed by atoms with Gasteiger partial charge in [-0.05, 0) is 79.9 Å². The standard InChI is InChI=1S/C52H35NS/c1-51(2)40-25-13-10-22-37(40)45-46-38-23-11-15-27-43(38)53(49(46)50-47(48(45)51)39-24-12-16-28-44(39)54-50)34-29-30-36-35-21-9-14-26-41(35)52(42(36)31-34,32-17-5-3-6-18-32)33-19-7-4-8-20-33/h3-31H,1-2H3. The summed E-state index contributed by atoms with van der Waals surface area (Å²) < 4.78 is 5.30. The average molecular weight is 706 g/mol. The Morgan fingerprint density at radius 2 is 1.07 bits per heavy atom. The lowest BCUT2D eigenvalue weighted by molar-refractivity contribution is 0.667. The summed E-state index contributed by atoms with van der Waals surface area (Å²) in [5.41, 5.74) is 16.6. The lowest BCUT2D eigenvalue weighted by Gasteiger charge is -2.34. The van der Waals surface area contributed by atoms with Crippen LogP contribution in [-0.4, -0.2) is 4.57 Å². The van der Waals surface area contributed by atoms with Gasteiger partial charge in [-0.15, -0.1) is 11.3 Å². The maximum absolute atomic E-state index is 2.60. The topological polar surface area (TPSA) is 4.93 Å². The molecule has 2 aliphatic rings. The van der Waals surface area contributed by atoms with Crippen LogP contribution in [0.25, 0.3) is 69.9 Å². The van der Waals surface area contributed by atoms with E-state index in [0.29, 0.717) is 0 Å². The first-order valence-electron chi connectivity index (χ1n) is 18.9. The monoisotopic (exact) mass is 705 g/mol. The van der Waals surface area contributed by atoms with E-state index in [1.54, 1.807) is 0 Å². The molecule has 0 amide bonds. The molecule has 1 nitrogen and oxygen atoms in total. The predicted molar refractivity (Wildman–Crippen MR) is 229 cm³/mol. The second-order valence-corrected chi connectivity index (χ2v) is 16.6. The normalized spacial score (nSPS) is 14.8. The van der Waals surface area contributed by atoms with E-state index >= 15 is 0 Å². The highest BCUT2D eigenvalue weighted by atomic mass is 32.1. The van der Waals surface area contributed by atoms with Crippen LogP contribution in [0.5, 0.6) is 0 Å². The fraction of sp³-hybridized carbons (Fsp3) is 0.0769. The number of rotatable bonds is 3. The van der Waals surface area contributed by atoms with Gasteiger partial charge in [0, 0.05) is 37.3 Å². The third-order valence-corrected chi connectivity index (χ3v) is 13.8. The Balaban J connectivity index is 1.27. The summed E-state index contributed by atoms with van der Waals surface area (Å²) >= 11 is 1.95. The Kier molecular flexibility index (Phi) is 5.99. The van der Waals surface area contributed by atoms with Crippen LogP contribution in [0.3, 0.4) is 0 Å². The van der Waals surface area contributed by atoms with Crippen molar-refractivity contribution < 1.29 is 0 Å². The summed E-state index contributed by atoms with van der Waals surface area (Å²) in [5.74, 6) is 0. The van der Waals surface area contributed by atoms with Gasteiger partial charge in [0.15, 0.2) is 0 Å². The van der Waals surface area contributed by atoms with E-state index in [-0.39, 0.29) is 5.41 Å². The smallest absolute Gasteiger partial charge is 0.0726 e. The molecule has 0 fully saturated rings. The van der Waals surface area contributed by atoms with Crippen molar-refractivity contribution >= 4 is 53.3 Å². The van der Waals surface area contributed by atoms with E-state index < -0.39 is 5.41 Å². The molecule has 54 heavy (non-hydrogen) atoms. The van der Waals surface area contributed by atoms with Gasteiger partial charge < -0.3 is 4.57 Å². The Morgan fingerprint density at radius 1 is 0.481 bits per heavy atom. The Bertz CT molecular complexity index is 3140. The first kappa shape index (κ1) is 30.3. The average Bonchev–Trinajstić information content (AvgIpc) is 3.93. The maximum Gasteiger partial charge on any atom is 0.0726 e. The molecule has 0 unspecified atom stereocenters. The van der Waals surface area contributed by atoms with Crippen LogP contribution in [0.15, 0.2) is 176 Å². The molecule has 2 aliphatic carbocycles. The highest BCUT2D eigenvalue weighted by Gasteiger charge is 2.46. The number of hydrogen-bond donors (Lipinski definition) is 0. The van der Waals surface area contributed by atoms with E-state index in [9.17, 15) is 0 Å². The highest BCUT2D eigenvalue weighted by molar-refractivity contribution is 7.26. The van der Waals surface area contributed by atoms with Crippen LogP contribution >= 0.6 is 11.3 Å². The van der Waals surface area contributed by atoms with Gasteiger partial charge >= 0.3 is 0 Å². The summed E-state index contributed by atoms with van der Waals surface area (Å²) in [6.45, 7) is 4.86. The number of fused-ring (bicyclic) bond motifs is 15. The molecule has 0 radical (unpaired) electrons. The molecule has 254 valence electrons. The molecule has 12 rings (SSSR count). The lowest BCUT2D eigenvalue weighted by atomic mass is 9.67. The van der Waals surface area contributed by atoms with Crippen molar-refractivity contribution in [2.75, 3.05) is 0 Å². The maximum atomic E-state index is 2.60. The largest absolute Gasteiger partial charge is 0.308 e. The van der Waals surface area contributed by atoms with Gasteiger partial charge in [0.1, 0.15) is 0 Å². The third-order valence-electron chi connectivity index (χ3n) is 12.6. The number of thiophene rings is 1. The number of nitrogens with zero attached hydrogens (tertiary/aromatic N) is 1. The SMILES string of the molecule is CC1(C)c2ccccc2-c2c1c1c3ccccc3sc1c1c2c2ccccc2n1-c1ccc2c(c1)C(c1ccccc1)(c1ccccc1)c1ccccc1-2. The fourth-order valence-electron chi connectivity index (χ4n) is 10.5. The van der Waals surface area contributed by atoms with Gasteiger partial charge in [0.05, 0.1) is 21.1 Å². The minimum atomic E-state index is -0.472. The first-order chi connectivity index (χ1) is 26.6. The molecule has 0 aliphatic heterocycles. The zero-order valence-corrected chi connectivity index (χ0v) is 30.9. The number of hydrogen-bond acceptors (Lipinski definition) is 1. The molecular formula is C52H35NS. The number of para-hydroxylation sites is 1. The van der Waals surface area contributed by atoms with Crippen molar-refractivity contribution in [2.24, 2.45) is 0 Å². The molecule has 0 saturated heterocycles. The van der Waals surface area contributed by atoms with Crippen molar-refractivity contribution in [1.82, 2.24) is 4.57 Å². The van der Waals surface area contributed by atoms with Gasteiger partial charge in [0.2, 0.25) is 0 Å². The van der Waals surface area contributed by atoms with Gasteiger partial charge in [-0.25, -0.2) is 0 Å². The molecule has 0 N–H and O–H groups in total. The summed E-state index contributed by atoms with van der Waals surface area (Å²) in [7, 11) is 0. The van der Waals surface area contributed by atoms with Gasteiger partial charge in [-0.1, -0.05) is 166 Å². The van der Waals surface area contributed by atoms with E-state index in [2.05, 4.69) is 194 Å². The van der Waals surface area contributed by atoms with Crippen LogP contribution in [0.1, 0.15) is 47.2 Å². The van der Waals surface area contributed by atoms with E-state index in [0.717, 1.165) is 0 Å². The van der Waals surface area contributed by atoms with Crippen LogP contribution in [0.4, 0.5) is 0 Å². The quantitative estimate of drug-likeness (QED) is 0.172. The molecule has 0 saturated carbocycles. The summed E-state index contributed by atoms with van der Waals surface area (Å²) in [4.78, 5) is 0. The van der Waals surface area contributed by atoms with Crippen molar-refractivity contribution in [3.8, 4) is 27.9 Å². The van der Waals surface area contributed by atoms with E-state index in [4.69, 9.17) is 0 Å². The van der Waals surface area contributed by atoms with Crippen LogP contribution in [-0.2, 0) is 10.8 Å². The summed E-state index contributed by atoms with van der Waals surface area (Å²) in [5, 5.41) is 5.42. The molecule has 8 aromatic carbocycles. The van der Waals surface area contributed by atoms with Crippen molar-refractivity contribution in [3.05, 3.63) is 209 Å². The molecule has 2 heteroatoms. The molecule has 2 heterocycles. The second kappa shape index (κ2) is 10.7. The third kappa shape index (κ3) is 3.64. The lowest BCUT2D eigenvalue weighted by Crippen LogP contribution is -2.28. The highest BCUT2D eigenvalue weighted by Crippen LogP contribution is 2.60. The summed E-state index contributed by atoms with van der Waals surface area (Å²) in [6, 6.07) is 65.9. The van der Waals surface area contributed by atoms with Crippen LogP contribution in [0.2, 0.25) is 0 Å². The fourth-order valence-corrected chi connectivity index (χ4v) is 11.8. The molecule has 0 bridgehead atoms. The minimum absolute atomic E-state index is 0.143. The molecule has 0 atom stereocenters. The Labute approximate surface area is 318 Å². The van der Waals surface area contributed by atoms with E-state index in [1.165, 1.54) is 103 Å². The Hall–Kier alpha value is -6.22. The van der Waals surface area contributed by atoms with Crippen LogP contribution in [0, 0.1) is 0 Å². The zero-order valence-electron chi connectivity index (χ0n) is 30.1. The summed E-state index contributed by atoms with van der Waals surface area (Å²) in [6.07, 6.45) is 0. The first-order valence-corrected chi connectivity index (χ1v) is 19.8. The van der Waals surface area contributed by atoms with Gasteiger partial charge in [-0.2, -0.15) is 0 Å². The minimum Gasteiger partial charge on any atom is -0.308 e. The van der Waals surface area contributed by atoms with Crippen molar-refractivity contribution in [2.45, 2.75) is 24.7 Å². The predicted octanol–water partition coefficient (Wildman–Crippen LogP) is 13.8. The molecule has 2 aromatic heterocycles. The van der Waals surface area contributed by atoms with Gasteiger partial charge in [0.25, 0.3) is 0 Å². The zero-order chi connectivity index (χ0) is 35.8. The number of aromatic nitrogens is 1. The number of benzene rings is 8. The molecule has 10 aromatic rings. The van der Waals surface area contributed by atoms with Crippen molar-refractivity contribution in [3.63, 3.8) is 0 Å².